The van der Waals surface area contributed by atoms with Gasteiger partial charge in [0.25, 0.3) is 5.69 Å². The summed E-state index contributed by atoms with van der Waals surface area (Å²) in [4.78, 5) is 11.8. The van der Waals surface area contributed by atoms with E-state index in [1.165, 1.54) is 17.8 Å². The van der Waals surface area contributed by atoms with Gasteiger partial charge < -0.3 is 5.32 Å². The third-order valence-electron chi connectivity index (χ3n) is 1.82. The van der Waals surface area contributed by atoms with Crippen molar-refractivity contribution in [3.8, 4) is 0 Å². The molecule has 72 valence electrons. The molecular weight excluding hydrogens is 220 g/mol. The van der Waals surface area contributed by atoms with E-state index in [-0.39, 0.29) is 5.69 Å². The minimum atomic E-state index is -0.402. The number of thiocarbonyl (C=S) groups is 1. The minimum Gasteiger partial charge on any atom is -0.343 e. The van der Waals surface area contributed by atoms with Gasteiger partial charge in [-0.1, -0.05) is 18.3 Å². The molecule has 1 N–H and O–H groups in total. The van der Waals surface area contributed by atoms with Crippen LogP contribution in [0.25, 0.3) is 0 Å². The molecule has 6 heteroatoms. The molecule has 0 radical (unpaired) electrons. The minimum absolute atomic E-state index is 0.0806. The maximum atomic E-state index is 10.7. The van der Waals surface area contributed by atoms with Crippen LogP contribution in [-0.4, -0.2) is 15.7 Å². The van der Waals surface area contributed by atoms with E-state index >= 15 is 0 Å². The van der Waals surface area contributed by atoms with Crippen LogP contribution in [0.15, 0.2) is 23.1 Å². The summed E-state index contributed by atoms with van der Waals surface area (Å²) in [7, 11) is 0. The van der Waals surface area contributed by atoms with E-state index in [1.807, 2.05) is 6.07 Å². The second-order valence-corrected chi connectivity index (χ2v) is 4.25. The highest BCUT2D eigenvalue weighted by atomic mass is 32.2. The lowest BCUT2D eigenvalue weighted by Crippen LogP contribution is -2.17. The molecule has 0 fully saturated rings. The molecule has 0 spiro atoms. The lowest BCUT2D eigenvalue weighted by atomic mass is 10.2. The number of hydrogen-bond donors (Lipinski definition) is 1. The van der Waals surface area contributed by atoms with Crippen LogP contribution in [0.4, 0.5) is 11.4 Å². The van der Waals surface area contributed by atoms with Crippen molar-refractivity contribution in [2.75, 3.05) is 11.1 Å². The molecule has 1 aromatic carbocycles. The number of para-hydroxylation sites is 1. The SMILES string of the molecule is O=[N+]([O-])c1cccc2c1NC(=S)CS2. The first-order valence-corrected chi connectivity index (χ1v) is 5.28. The van der Waals surface area contributed by atoms with Crippen LogP contribution in [0.1, 0.15) is 0 Å². The molecule has 0 unspecified atom stereocenters. The fourth-order valence-corrected chi connectivity index (χ4v) is 2.35. The van der Waals surface area contributed by atoms with Gasteiger partial charge in [-0.05, 0) is 6.07 Å². The Balaban J connectivity index is 2.54. The van der Waals surface area contributed by atoms with Crippen molar-refractivity contribution in [2.24, 2.45) is 0 Å². The van der Waals surface area contributed by atoms with Crippen LogP contribution >= 0.6 is 24.0 Å². The number of hydrogen-bond acceptors (Lipinski definition) is 4. The smallest absolute Gasteiger partial charge is 0.293 e. The first-order chi connectivity index (χ1) is 6.68. The lowest BCUT2D eigenvalue weighted by Gasteiger charge is -2.17. The molecule has 0 atom stereocenters. The maximum Gasteiger partial charge on any atom is 0.293 e. The summed E-state index contributed by atoms with van der Waals surface area (Å²) >= 11 is 6.49. The van der Waals surface area contributed by atoms with Crippen LogP contribution in [0.2, 0.25) is 0 Å². The van der Waals surface area contributed by atoms with Crippen molar-refractivity contribution in [1.29, 1.82) is 0 Å². The molecule has 1 heterocycles. The van der Waals surface area contributed by atoms with Crippen molar-refractivity contribution >= 4 is 40.3 Å². The largest absolute Gasteiger partial charge is 0.343 e. The van der Waals surface area contributed by atoms with Gasteiger partial charge in [0.2, 0.25) is 0 Å². The molecule has 0 saturated heterocycles. The molecule has 0 bridgehead atoms. The monoisotopic (exact) mass is 226 g/mol. The average Bonchev–Trinajstić information content (AvgIpc) is 2.16. The van der Waals surface area contributed by atoms with Crippen molar-refractivity contribution < 1.29 is 4.92 Å². The third kappa shape index (κ3) is 1.58. The summed E-state index contributed by atoms with van der Waals surface area (Å²) in [6, 6.07) is 5.00. The summed E-state index contributed by atoms with van der Waals surface area (Å²) in [6.07, 6.45) is 0. The third-order valence-corrected chi connectivity index (χ3v) is 3.34. The number of rotatable bonds is 1. The van der Waals surface area contributed by atoms with Crippen LogP contribution in [-0.2, 0) is 0 Å². The average molecular weight is 226 g/mol. The van der Waals surface area contributed by atoms with Gasteiger partial charge in [-0.2, -0.15) is 0 Å². The summed E-state index contributed by atoms with van der Waals surface area (Å²) < 4.78 is 0. The summed E-state index contributed by atoms with van der Waals surface area (Å²) in [6.45, 7) is 0. The van der Waals surface area contributed by atoms with E-state index in [1.54, 1.807) is 6.07 Å². The van der Waals surface area contributed by atoms with Gasteiger partial charge in [-0.3, -0.25) is 10.1 Å². The first kappa shape index (κ1) is 9.42. The van der Waals surface area contributed by atoms with Crippen LogP contribution in [0, 0.1) is 10.1 Å². The van der Waals surface area contributed by atoms with E-state index in [4.69, 9.17) is 12.2 Å². The van der Waals surface area contributed by atoms with Gasteiger partial charge in [0.1, 0.15) is 5.69 Å². The fourth-order valence-electron chi connectivity index (χ4n) is 1.24. The van der Waals surface area contributed by atoms with Gasteiger partial charge in [0.15, 0.2) is 0 Å². The van der Waals surface area contributed by atoms with E-state index in [0.29, 0.717) is 16.4 Å². The van der Waals surface area contributed by atoms with Gasteiger partial charge in [0, 0.05) is 16.7 Å². The Morgan fingerprint density at radius 3 is 3.07 bits per heavy atom. The second kappa shape index (κ2) is 3.55. The van der Waals surface area contributed by atoms with Gasteiger partial charge in [0.05, 0.1) is 9.91 Å². The van der Waals surface area contributed by atoms with Crippen LogP contribution in [0.3, 0.4) is 0 Å². The molecule has 0 aliphatic carbocycles. The predicted molar refractivity (Wildman–Crippen MR) is 60.0 cm³/mol. The van der Waals surface area contributed by atoms with Crippen molar-refractivity contribution in [1.82, 2.24) is 0 Å². The molecule has 1 aliphatic rings. The van der Waals surface area contributed by atoms with E-state index < -0.39 is 4.92 Å². The second-order valence-electron chi connectivity index (χ2n) is 2.74. The molecule has 0 saturated carbocycles. The first-order valence-electron chi connectivity index (χ1n) is 3.88. The van der Waals surface area contributed by atoms with Crippen LogP contribution < -0.4 is 5.32 Å². The zero-order chi connectivity index (χ0) is 10.1. The molecule has 14 heavy (non-hydrogen) atoms. The lowest BCUT2D eigenvalue weighted by molar-refractivity contribution is -0.384. The number of nitrogens with one attached hydrogen (secondary N) is 1. The number of thioether (sulfide) groups is 1. The summed E-state index contributed by atoms with van der Waals surface area (Å²) in [5.74, 6) is 0.684. The highest BCUT2D eigenvalue weighted by Gasteiger charge is 2.22. The van der Waals surface area contributed by atoms with Gasteiger partial charge >= 0.3 is 0 Å². The standard InChI is InChI=1S/C8H6N2O2S2/c11-10(12)5-2-1-3-6-8(5)9-7(13)4-14-6/h1-3H,4H2,(H,9,13). The molecule has 1 aliphatic heterocycles. The van der Waals surface area contributed by atoms with Gasteiger partial charge in [-0.25, -0.2) is 0 Å². The summed E-state index contributed by atoms with van der Waals surface area (Å²) in [5, 5.41) is 13.6. The number of nitrogens with zero attached hydrogens (tertiary/aromatic N) is 1. The van der Waals surface area contributed by atoms with E-state index in [2.05, 4.69) is 5.32 Å². The van der Waals surface area contributed by atoms with E-state index in [9.17, 15) is 10.1 Å². The molecule has 0 aromatic heterocycles. The Labute approximate surface area is 89.8 Å². The zero-order valence-electron chi connectivity index (χ0n) is 7.02. The molecule has 1 aromatic rings. The van der Waals surface area contributed by atoms with Crippen molar-refractivity contribution in [2.45, 2.75) is 4.90 Å². The molecular formula is C8H6N2O2S2. The zero-order valence-corrected chi connectivity index (χ0v) is 8.65. The Hall–Kier alpha value is -1.14. The maximum absolute atomic E-state index is 10.7. The topological polar surface area (TPSA) is 55.2 Å². The number of anilines is 1. The van der Waals surface area contributed by atoms with Crippen molar-refractivity contribution in [3.63, 3.8) is 0 Å². The molecule has 0 amide bonds. The number of fused-ring (bicyclic) bond motifs is 1. The molecule has 2 rings (SSSR count). The quantitative estimate of drug-likeness (QED) is 0.453. The number of benzene rings is 1. The number of nitro benzene ring substituents is 1. The molecule has 4 nitrogen and oxygen atoms in total. The Morgan fingerprint density at radius 2 is 2.36 bits per heavy atom. The predicted octanol–water partition coefficient (Wildman–Crippen LogP) is 2.44. The van der Waals surface area contributed by atoms with Crippen molar-refractivity contribution in [3.05, 3.63) is 28.3 Å². The Bertz CT molecular complexity index is 420. The Morgan fingerprint density at radius 1 is 1.57 bits per heavy atom. The van der Waals surface area contributed by atoms with Crippen LogP contribution in [0.5, 0.6) is 0 Å². The van der Waals surface area contributed by atoms with E-state index in [0.717, 1.165) is 4.90 Å². The highest BCUT2D eigenvalue weighted by Crippen LogP contribution is 2.38. The Kier molecular flexibility index (Phi) is 2.39. The number of nitro groups is 1. The fraction of sp³-hybridized carbons (Fsp3) is 0.125. The highest BCUT2D eigenvalue weighted by molar-refractivity contribution is 8.01. The summed E-state index contributed by atoms with van der Waals surface area (Å²) in [5.41, 5.74) is 0.607. The van der Waals surface area contributed by atoms with Gasteiger partial charge in [-0.15, -0.1) is 11.8 Å². The normalized spacial score (nSPS) is 14.4.